The van der Waals surface area contributed by atoms with Crippen LogP contribution in [0.3, 0.4) is 0 Å². The van der Waals surface area contributed by atoms with E-state index in [4.69, 9.17) is 9.47 Å². The van der Waals surface area contributed by atoms with E-state index in [1.54, 1.807) is 6.07 Å². The average molecular weight is 351 g/mol. The lowest BCUT2D eigenvalue weighted by molar-refractivity contribution is 0.0601. The van der Waals surface area contributed by atoms with Crippen molar-refractivity contribution < 1.29 is 18.7 Å². The zero-order valence-electron chi connectivity index (χ0n) is 14.9. The zero-order chi connectivity index (χ0) is 17.8. The first-order valence-electron chi connectivity index (χ1n) is 8.78. The maximum absolute atomic E-state index is 14.7. The summed E-state index contributed by atoms with van der Waals surface area (Å²) in [6, 6.07) is 3.26. The number of halogens is 1. The summed E-state index contributed by atoms with van der Waals surface area (Å²) < 4.78 is 24.9. The van der Waals surface area contributed by atoms with Crippen molar-refractivity contribution in [2.45, 2.75) is 18.9 Å². The van der Waals surface area contributed by atoms with Gasteiger partial charge in [0.1, 0.15) is 5.82 Å². The molecule has 2 fully saturated rings. The molecule has 2 heterocycles. The van der Waals surface area contributed by atoms with Crippen molar-refractivity contribution in [3.63, 3.8) is 0 Å². The fourth-order valence-corrected chi connectivity index (χ4v) is 3.38. The summed E-state index contributed by atoms with van der Waals surface area (Å²) in [5.74, 6) is -0.782. The molecule has 0 spiro atoms. The van der Waals surface area contributed by atoms with E-state index in [9.17, 15) is 9.18 Å². The molecule has 7 heteroatoms. The van der Waals surface area contributed by atoms with E-state index in [-0.39, 0.29) is 11.9 Å². The molecule has 0 unspecified atom stereocenters. The number of carbonyl (C=O) groups is 1. The number of esters is 1. The molecule has 0 atom stereocenters. The van der Waals surface area contributed by atoms with Gasteiger partial charge in [0.05, 0.1) is 37.3 Å². The minimum Gasteiger partial charge on any atom is -0.465 e. The van der Waals surface area contributed by atoms with Crippen LogP contribution in [0.15, 0.2) is 12.1 Å². The number of carbonyl (C=O) groups excluding carboxylic acids is 1. The molecule has 138 valence electrons. The van der Waals surface area contributed by atoms with E-state index in [2.05, 4.69) is 17.3 Å². The second kappa shape index (κ2) is 8.01. The summed E-state index contributed by atoms with van der Waals surface area (Å²) in [5, 5.41) is 3.35. The SMILES string of the molecule is COC(=O)c1cc(N2CCOCC2)c(F)cc1NC1CCN(C)CC1. The maximum atomic E-state index is 14.7. The van der Waals surface area contributed by atoms with Gasteiger partial charge in [-0.1, -0.05) is 0 Å². The van der Waals surface area contributed by atoms with Gasteiger partial charge in [0.2, 0.25) is 0 Å². The Bertz CT molecular complexity index is 612. The van der Waals surface area contributed by atoms with Gasteiger partial charge >= 0.3 is 5.97 Å². The van der Waals surface area contributed by atoms with Gasteiger partial charge in [0.25, 0.3) is 0 Å². The van der Waals surface area contributed by atoms with Crippen molar-refractivity contribution in [3.05, 3.63) is 23.5 Å². The number of nitrogens with zero attached hydrogens (tertiary/aromatic N) is 2. The van der Waals surface area contributed by atoms with Crippen LogP contribution in [0.5, 0.6) is 0 Å². The predicted octanol–water partition coefficient (Wildman–Crippen LogP) is 1.95. The van der Waals surface area contributed by atoms with Crippen molar-refractivity contribution in [2.75, 3.05) is 63.8 Å². The van der Waals surface area contributed by atoms with Crippen molar-refractivity contribution in [2.24, 2.45) is 0 Å². The standard InChI is InChI=1S/C18H26FN3O3/c1-21-5-3-13(4-6-21)20-16-12-15(19)17(11-14(16)18(23)24-2)22-7-9-25-10-8-22/h11-13,20H,3-10H2,1-2H3. The molecule has 3 rings (SSSR count). The molecule has 0 radical (unpaired) electrons. The number of piperidine rings is 1. The predicted molar refractivity (Wildman–Crippen MR) is 94.9 cm³/mol. The second-order valence-corrected chi connectivity index (χ2v) is 6.66. The summed E-state index contributed by atoms with van der Waals surface area (Å²) in [6.07, 6.45) is 1.92. The Kier molecular flexibility index (Phi) is 5.75. The molecule has 6 nitrogen and oxygen atoms in total. The van der Waals surface area contributed by atoms with Crippen molar-refractivity contribution >= 4 is 17.3 Å². The quantitative estimate of drug-likeness (QED) is 0.837. The lowest BCUT2D eigenvalue weighted by atomic mass is 10.0. The van der Waals surface area contributed by atoms with Crippen molar-refractivity contribution in [1.29, 1.82) is 0 Å². The largest absolute Gasteiger partial charge is 0.465 e. The van der Waals surface area contributed by atoms with Crippen LogP contribution in [-0.4, -0.2) is 70.5 Å². The van der Waals surface area contributed by atoms with Gasteiger partial charge in [-0.25, -0.2) is 9.18 Å². The van der Waals surface area contributed by atoms with Crippen LogP contribution < -0.4 is 10.2 Å². The smallest absolute Gasteiger partial charge is 0.340 e. The number of ether oxygens (including phenoxy) is 2. The molecule has 1 aromatic carbocycles. The molecule has 0 saturated carbocycles. The lowest BCUT2D eigenvalue weighted by Crippen LogP contribution is -2.38. The third-order valence-electron chi connectivity index (χ3n) is 4.92. The number of anilines is 2. The highest BCUT2D eigenvalue weighted by Gasteiger charge is 2.24. The molecule has 2 saturated heterocycles. The van der Waals surface area contributed by atoms with Gasteiger partial charge in [-0.15, -0.1) is 0 Å². The third-order valence-corrected chi connectivity index (χ3v) is 4.92. The highest BCUT2D eigenvalue weighted by molar-refractivity contribution is 5.97. The third kappa shape index (κ3) is 4.22. The minimum atomic E-state index is -0.454. The Morgan fingerprint density at radius 3 is 2.56 bits per heavy atom. The van der Waals surface area contributed by atoms with Crippen LogP contribution in [0.4, 0.5) is 15.8 Å². The van der Waals surface area contributed by atoms with Crippen LogP contribution in [0.25, 0.3) is 0 Å². The van der Waals surface area contributed by atoms with Crippen molar-refractivity contribution in [3.8, 4) is 0 Å². The van der Waals surface area contributed by atoms with Gasteiger partial charge < -0.3 is 24.6 Å². The van der Waals surface area contributed by atoms with Gasteiger partial charge in [-0.2, -0.15) is 0 Å². The van der Waals surface area contributed by atoms with E-state index in [1.807, 2.05) is 4.90 Å². The first-order chi connectivity index (χ1) is 12.1. The van der Waals surface area contributed by atoms with Crippen molar-refractivity contribution in [1.82, 2.24) is 4.90 Å². The summed E-state index contributed by atoms with van der Waals surface area (Å²) in [7, 11) is 3.44. The molecular weight excluding hydrogens is 325 g/mol. The first kappa shape index (κ1) is 17.9. The van der Waals surface area contributed by atoms with Crippen LogP contribution >= 0.6 is 0 Å². The molecule has 1 N–H and O–H groups in total. The molecule has 25 heavy (non-hydrogen) atoms. The highest BCUT2D eigenvalue weighted by atomic mass is 19.1. The molecule has 0 aromatic heterocycles. The highest BCUT2D eigenvalue weighted by Crippen LogP contribution is 2.30. The number of hydrogen-bond donors (Lipinski definition) is 1. The number of methoxy groups -OCH3 is 1. The first-order valence-corrected chi connectivity index (χ1v) is 8.78. The number of hydrogen-bond acceptors (Lipinski definition) is 6. The molecule has 0 bridgehead atoms. The summed E-state index contributed by atoms with van der Waals surface area (Å²) in [6.45, 7) is 4.31. The molecular formula is C18H26FN3O3. The lowest BCUT2D eigenvalue weighted by Gasteiger charge is -2.32. The van der Waals surface area contributed by atoms with Gasteiger partial charge in [0.15, 0.2) is 0 Å². The monoisotopic (exact) mass is 351 g/mol. The Hall–Kier alpha value is -1.86. The number of morpholine rings is 1. The number of benzene rings is 1. The summed E-state index contributed by atoms with van der Waals surface area (Å²) in [5.41, 5.74) is 1.32. The Morgan fingerprint density at radius 2 is 1.92 bits per heavy atom. The minimum absolute atomic E-state index is 0.230. The average Bonchev–Trinajstić information content (AvgIpc) is 2.64. The number of rotatable bonds is 4. The summed E-state index contributed by atoms with van der Waals surface area (Å²) in [4.78, 5) is 16.4. The van der Waals surface area contributed by atoms with Crippen LogP contribution in [0.1, 0.15) is 23.2 Å². The Morgan fingerprint density at radius 1 is 1.24 bits per heavy atom. The summed E-state index contributed by atoms with van der Waals surface area (Å²) >= 11 is 0. The van der Waals surface area contributed by atoms with E-state index >= 15 is 0 Å². The Balaban J connectivity index is 1.85. The van der Waals surface area contributed by atoms with E-state index in [1.165, 1.54) is 13.2 Å². The fourth-order valence-electron chi connectivity index (χ4n) is 3.38. The second-order valence-electron chi connectivity index (χ2n) is 6.66. The van der Waals surface area contributed by atoms with E-state index in [0.717, 1.165) is 25.9 Å². The Labute approximate surface area is 147 Å². The molecule has 2 aliphatic rings. The van der Waals surface area contributed by atoms with Gasteiger partial charge in [-0.05, 0) is 39.0 Å². The maximum Gasteiger partial charge on any atom is 0.340 e. The normalized spacial score (nSPS) is 19.7. The topological polar surface area (TPSA) is 54.0 Å². The molecule has 2 aliphatic heterocycles. The number of nitrogens with one attached hydrogen (secondary N) is 1. The molecule has 0 amide bonds. The van der Waals surface area contributed by atoms with Gasteiger partial charge in [0, 0.05) is 25.2 Å². The fraction of sp³-hybridized carbons (Fsp3) is 0.611. The zero-order valence-corrected chi connectivity index (χ0v) is 14.9. The van der Waals surface area contributed by atoms with Crippen LogP contribution in [0.2, 0.25) is 0 Å². The number of likely N-dealkylation sites (tertiary alicyclic amines) is 1. The molecule has 1 aromatic rings. The van der Waals surface area contributed by atoms with Gasteiger partial charge in [-0.3, -0.25) is 0 Å². The van der Waals surface area contributed by atoms with Crippen LogP contribution in [0, 0.1) is 5.82 Å². The van der Waals surface area contributed by atoms with Crippen LogP contribution in [-0.2, 0) is 9.47 Å². The van der Waals surface area contributed by atoms with E-state index in [0.29, 0.717) is 43.2 Å². The molecule has 0 aliphatic carbocycles. The van der Waals surface area contributed by atoms with E-state index < -0.39 is 5.97 Å².